The Morgan fingerprint density at radius 3 is 1.17 bits per heavy atom. The van der Waals surface area contributed by atoms with Crippen LogP contribution in [0.3, 0.4) is 0 Å². The average molecular weight is 303 g/mol. The lowest BCUT2D eigenvalue weighted by atomic mass is 10.4. The summed E-state index contributed by atoms with van der Waals surface area (Å²) in [6.45, 7) is 6.94. The summed E-state index contributed by atoms with van der Waals surface area (Å²) in [5.74, 6) is 0. The van der Waals surface area contributed by atoms with Gasteiger partial charge in [0, 0.05) is 0 Å². The maximum Gasteiger partial charge on any atom is 0.0777 e. The molecular weight excluding hydrogens is 275 g/mol. The largest absolute Gasteiger partial charge is 0.183 e. The minimum Gasteiger partial charge on any atom is -0.183 e. The highest BCUT2D eigenvalue weighted by molar-refractivity contribution is 7.57. The van der Waals surface area contributed by atoms with Crippen molar-refractivity contribution in [3.63, 3.8) is 0 Å². The predicted molar refractivity (Wildman–Crippen MR) is 68.5 cm³/mol. The van der Waals surface area contributed by atoms with E-state index in [4.69, 9.17) is 18.6 Å². The van der Waals surface area contributed by atoms with E-state index in [1.807, 2.05) is 0 Å². The third-order valence-electron chi connectivity index (χ3n) is 2.48. The van der Waals surface area contributed by atoms with Crippen molar-refractivity contribution in [2.24, 2.45) is 0 Å². The van der Waals surface area contributed by atoms with Crippen molar-refractivity contribution in [1.29, 1.82) is 0 Å². The summed E-state index contributed by atoms with van der Waals surface area (Å²) in [5, 5.41) is 0. The molecule has 0 aromatic heterocycles. The van der Waals surface area contributed by atoms with E-state index >= 15 is 0 Å². The lowest BCUT2D eigenvalue weighted by Crippen LogP contribution is -2.58. The van der Waals surface area contributed by atoms with E-state index in [2.05, 4.69) is 20.8 Å². The van der Waals surface area contributed by atoms with Gasteiger partial charge < -0.3 is 0 Å². The molecule has 0 unspecified atom stereocenters. The molecule has 0 aromatic rings. The highest BCUT2D eigenvalue weighted by Gasteiger charge is 2.05. The van der Waals surface area contributed by atoms with E-state index in [9.17, 15) is 0 Å². The normalized spacial score (nSPS) is 11.3. The molecule has 0 atom stereocenters. The van der Waals surface area contributed by atoms with Crippen LogP contribution in [0, 0.1) is 10.2 Å². The van der Waals surface area contributed by atoms with Crippen LogP contribution in [0.15, 0.2) is 0 Å². The molecule has 112 valence electrons. The third kappa shape index (κ3) is 25.4. The Kier molecular flexibility index (Phi) is 16.2. The van der Waals surface area contributed by atoms with Crippen LogP contribution in [0.25, 0.3) is 0 Å². The molecule has 0 heterocycles. The van der Waals surface area contributed by atoms with Gasteiger partial charge in [-0.2, -0.15) is 14.0 Å². The van der Waals surface area contributed by atoms with Crippen molar-refractivity contribution in [2.75, 3.05) is 18.5 Å². The summed E-state index contributed by atoms with van der Waals surface area (Å²) >= 11 is 0. The third-order valence-corrected chi connectivity index (χ3v) is 5.33. The number of unbranched alkanes of at least 4 members (excludes halogenated alkanes) is 3. The molecule has 0 aromatic carbocycles. The topological polar surface area (TPSA) is 89.4 Å². The molecule has 0 radical (unpaired) electrons. The Morgan fingerprint density at radius 2 is 1.00 bits per heavy atom. The zero-order chi connectivity index (χ0) is 14.4. The van der Waals surface area contributed by atoms with E-state index in [0.717, 1.165) is 0 Å². The smallest absolute Gasteiger partial charge is 0.0777 e. The Morgan fingerprint density at radius 1 is 0.778 bits per heavy atom. The average Bonchev–Trinajstić information content (AvgIpc) is 2.26. The first-order valence-corrected chi connectivity index (χ1v) is 9.86. The molecule has 18 heavy (non-hydrogen) atoms. The fourth-order valence-electron chi connectivity index (χ4n) is 1.48. The van der Waals surface area contributed by atoms with Gasteiger partial charge in [0.15, 0.2) is 0 Å². The molecule has 0 saturated heterocycles. The van der Waals surface area contributed by atoms with Crippen molar-refractivity contribution in [2.45, 2.75) is 59.3 Å². The summed E-state index contributed by atoms with van der Waals surface area (Å²) in [4.78, 5) is 0. The standard InChI is InChI=1S/C12H27P.ClHO4/c1-4-7-10-13(11-8-5-2)12-9-6-3;2-1(3,4)5/h4-12H2,1-3H3;(H,2,3,4,5). The van der Waals surface area contributed by atoms with Crippen LogP contribution in [0.2, 0.25) is 0 Å². The second-order valence-electron chi connectivity index (χ2n) is 4.30. The van der Waals surface area contributed by atoms with E-state index in [1.54, 1.807) is 18.5 Å². The minimum atomic E-state index is -4.69. The molecule has 0 aliphatic heterocycles. The fourth-order valence-corrected chi connectivity index (χ4v) is 4.44. The zero-order valence-electron chi connectivity index (χ0n) is 11.9. The molecular formula is C12H28ClO4P. The van der Waals surface area contributed by atoms with Gasteiger partial charge in [0.05, 0.1) is 14.9 Å². The first-order valence-electron chi connectivity index (χ1n) is 6.70. The maximum absolute atomic E-state index is 8.60. The van der Waals surface area contributed by atoms with Crippen LogP contribution in [0.5, 0.6) is 0 Å². The lowest BCUT2D eigenvalue weighted by Gasteiger charge is -2.16. The maximum atomic E-state index is 8.60. The van der Waals surface area contributed by atoms with E-state index in [0.29, 0.717) is 7.92 Å². The van der Waals surface area contributed by atoms with Gasteiger partial charge in [-0.15, -0.1) is 7.92 Å². The lowest BCUT2D eigenvalue weighted by molar-refractivity contribution is -1.92. The molecule has 6 heteroatoms. The van der Waals surface area contributed by atoms with Crippen molar-refractivity contribution in [3.8, 4) is 0 Å². The van der Waals surface area contributed by atoms with Crippen LogP contribution in [-0.2, 0) is 0 Å². The van der Waals surface area contributed by atoms with Crippen LogP contribution in [0.1, 0.15) is 59.3 Å². The molecule has 0 bridgehead atoms. The molecule has 1 N–H and O–H groups in total. The summed E-state index contributed by atoms with van der Waals surface area (Å²) in [6.07, 6.45) is 13.2. The van der Waals surface area contributed by atoms with Gasteiger partial charge in [0.25, 0.3) is 0 Å². The van der Waals surface area contributed by atoms with Crippen LogP contribution in [-0.4, -0.2) is 23.1 Å². The number of rotatable bonds is 9. The Bertz CT molecular complexity index is 140. The first kappa shape index (κ1) is 20.9. The van der Waals surface area contributed by atoms with Crippen LogP contribution < -0.4 is 14.0 Å². The van der Waals surface area contributed by atoms with Gasteiger partial charge in [-0.05, 0) is 37.7 Å². The van der Waals surface area contributed by atoms with Gasteiger partial charge >= 0.3 is 0 Å². The van der Waals surface area contributed by atoms with E-state index in [-0.39, 0.29) is 0 Å². The van der Waals surface area contributed by atoms with Gasteiger partial charge in [-0.25, -0.2) is 0 Å². The van der Waals surface area contributed by atoms with Crippen molar-refractivity contribution in [1.82, 2.24) is 0 Å². The van der Waals surface area contributed by atoms with Crippen LogP contribution >= 0.6 is 7.92 Å². The first-order chi connectivity index (χ1) is 8.35. The van der Waals surface area contributed by atoms with Crippen molar-refractivity contribution in [3.05, 3.63) is 0 Å². The summed E-state index contributed by atoms with van der Waals surface area (Å²) < 4.78 is 32.7. The predicted octanol–water partition coefficient (Wildman–Crippen LogP) is 0.745. The van der Waals surface area contributed by atoms with Gasteiger partial charge in [-0.1, -0.05) is 40.0 Å². The molecule has 0 aliphatic carbocycles. The summed E-state index contributed by atoms with van der Waals surface area (Å²) in [5.41, 5.74) is 0. The summed E-state index contributed by atoms with van der Waals surface area (Å²) in [7, 11) is -4.27. The number of halogens is 1. The minimum absolute atomic E-state index is 0.422. The van der Waals surface area contributed by atoms with Gasteiger partial charge in [0.1, 0.15) is 0 Å². The number of hydrogen-bond acceptors (Lipinski definition) is 4. The Hall–Kier alpha value is 0.560. The van der Waals surface area contributed by atoms with Gasteiger partial charge in [-0.3, -0.25) is 0 Å². The van der Waals surface area contributed by atoms with Crippen LogP contribution in [0.4, 0.5) is 0 Å². The number of hydrogen-bond donors (Lipinski definition) is 1. The fraction of sp³-hybridized carbons (Fsp3) is 1.00. The Balaban J connectivity index is 0. The molecule has 0 fully saturated rings. The molecule has 4 nitrogen and oxygen atoms in total. The molecule has 0 rings (SSSR count). The molecule has 0 amide bonds. The van der Waals surface area contributed by atoms with E-state index < -0.39 is 10.2 Å². The van der Waals surface area contributed by atoms with Gasteiger partial charge in [0.2, 0.25) is 0 Å². The summed E-state index contributed by atoms with van der Waals surface area (Å²) in [6, 6.07) is 0. The highest BCUT2D eigenvalue weighted by atomic mass is 35.7. The van der Waals surface area contributed by atoms with Crippen molar-refractivity contribution >= 4 is 7.92 Å². The molecule has 0 aliphatic rings. The van der Waals surface area contributed by atoms with Crippen molar-refractivity contribution < 1.29 is 28.9 Å². The Labute approximate surface area is 115 Å². The second-order valence-corrected chi connectivity index (χ2v) is 7.77. The monoisotopic (exact) mass is 302 g/mol. The van der Waals surface area contributed by atoms with E-state index in [1.165, 1.54) is 38.5 Å². The molecule has 0 saturated carbocycles. The highest BCUT2D eigenvalue weighted by Crippen LogP contribution is 2.38. The SMILES string of the molecule is CCCCP(CCCC)CCCC.[O-][Cl+3]([O-])([O-])O. The second kappa shape index (κ2) is 14.0. The quantitative estimate of drug-likeness (QED) is 0.636. The molecule has 0 spiro atoms. The zero-order valence-corrected chi connectivity index (χ0v) is 13.5.